The molecule has 0 radical (unpaired) electrons. The van der Waals surface area contributed by atoms with Crippen LogP contribution in [0.4, 0.5) is 11.4 Å². The molecule has 0 saturated heterocycles. The summed E-state index contributed by atoms with van der Waals surface area (Å²) in [4.78, 5) is 34.4. The van der Waals surface area contributed by atoms with Crippen molar-refractivity contribution in [1.82, 2.24) is 20.1 Å². The molecular formula is C19H18N6O5S. The molecular weight excluding hydrogens is 424 g/mol. The van der Waals surface area contributed by atoms with Crippen LogP contribution in [-0.4, -0.2) is 37.3 Å². The van der Waals surface area contributed by atoms with Crippen molar-refractivity contribution in [3.63, 3.8) is 0 Å². The van der Waals surface area contributed by atoms with Crippen LogP contribution in [0.25, 0.3) is 0 Å². The summed E-state index contributed by atoms with van der Waals surface area (Å²) >= 11 is 1.17. The number of thioether (sulfide) groups is 1. The van der Waals surface area contributed by atoms with Gasteiger partial charge < -0.3 is 19.6 Å². The van der Waals surface area contributed by atoms with Crippen molar-refractivity contribution >= 4 is 35.0 Å². The molecule has 2 N–H and O–H groups in total. The number of carbonyl (C=O) groups excluding carboxylic acids is 2. The molecule has 11 nitrogen and oxygen atoms in total. The van der Waals surface area contributed by atoms with Crippen molar-refractivity contribution in [3.8, 4) is 0 Å². The monoisotopic (exact) mass is 442 g/mol. The van der Waals surface area contributed by atoms with Gasteiger partial charge in [0.1, 0.15) is 0 Å². The van der Waals surface area contributed by atoms with E-state index in [1.807, 2.05) is 0 Å². The zero-order chi connectivity index (χ0) is 22.2. The van der Waals surface area contributed by atoms with Gasteiger partial charge in [-0.15, -0.1) is 16.8 Å². The van der Waals surface area contributed by atoms with Gasteiger partial charge in [-0.05, 0) is 24.3 Å². The summed E-state index contributed by atoms with van der Waals surface area (Å²) in [6.07, 6.45) is 3.06. The maximum absolute atomic E-state index is 12.2. The number of non-ortho nitro benzene ring substituents is 1. The number of anilines is 1. The Bertz CT molecular complexity index is 1080. The van der Waals surface area contributed by atoms with Crippen LogP contribution in [0, 0.1) is 10.1 Å². The standard InChI is InChI=1S/C19H18N6O5S/c1-2-9-24-16(11-20-18(27)15-4-3-10-30-15)22-23-19(24)31-12-17(26)21-13-5-7-14(8-6-13)25(28)29/h2-8,10H,1,9,11-12H2,(H,20,27)(H,21,26). The van der Waals surface area contributed by atoms with Gasteiger partial charge in [-0.2, -0.15) is 0 Å². The highest BCUT2D eigenvalue weighted by Gasteiger charge is 2.16. The topological polar surface area (TPSA) is 145 Å². The van der Waals surface area contributed by atoms with E-state index in [9.17, 15) is 19.7 Å². The molecule has 1 aromatic carbocycles. The first-order valence-corrected chi connectivity index (χ1v) is 9.98. The summed E-state index contributed by atoms with van der Waals surface area (Å²) in [6, 6.07) is 8.71. The molecule has 3 aromatic rings. The fourth-order valence-electron chi connectivity index (χ4n) is 2.52. The molecule has 12 heteroatoms. The van der Waals surface area contributed by atoms with Gasteiger partial charge in [-0.1, -0.05) is 17.8 Å². The van der Waals surface area contributed by atoms with Gasteiger partial charge in [0.05, 0.1) is 23.5 Å². The van der Waals surface area contributed by atoms with Gasteiger partial charge >= 0.3 is 0 Å². The first-order chi connectivity index (χ1) is 15.0. The Kier molecular flexibility index (Phi) is 7.17. The smallest absolute Gasteiger partial charge is 0.287 e. The normalized spacial score (nSPS) is 10.5. The number of rotatable bonds is 10. The Morgan fingerprint density at radius 2 is 2.03 bits per heavy atom. The molecule has 0 fully saturated rings. The van der Waals surface area contributed by atoms with E-state index in [-0.39, 0.29) is 35.6 Å². The average Bonchev–Trinajstić information content (AvgIpc) is 3.42. The average molecular weight is 442 g/mol. The Morgan fingerprint density at radius 1 is 1.26 bits per heavy atom. The number of furan rings is 1. The molecule has 2 heterocycles. The first kappa shape index (κ1) is 21.8. The lowest BCUT2D eigenvalue weighted by atomic mass is 10.3. The summed E-state index contributed by atoms with van der Waals surface area (Å²) in [7, 11) is 0. The third-order valence-corrected chi connectivity index (χ3v) is 4.92. The van der Waals surface area contributed by atoms with Crippen molar-refractivity contribution in [1.29, 1.82) is 0 Å². The van der Waals surface area contributed by atoms with Gasteiger partial charge in [0.25, 0.3) is 11.6 Å². The van der Waals surface area contributed by atoms with Crippen LogP contribution in [0.3, 0.4) is 0 Å². The van der Waals surface area contributed by atoms with Crippen molar-refractivity contribution < 1.29 is 18.9 Å². The molecule has 0 bridgehead atoms. The molecule has 31 heavy (non-hydrogen) atoms. The molecule has 0 saturated carbocycles. The summed E-state index contributed by atoms with van der Waals surface area (Å²) < 4.78 is 6.78. The second-order valence-electron chi connectivity index (χ2n) is 6.10. The molecule has 2 amide bonds. The lowest BCUT2D eigenvalue weighted by molar-refractivity contribution is -0.384. The number of benzene rings is 1. The number of carbonyl (C=O) groups is 2. The van der Waals surface area contributed by atoms with Crippen LogP contribution in [0.5, 0.6) is 0 Å². The number of nitrogens with zero attached hydrogens (tertiary/aromatic N) is 4. The molecule has 0 atom stereocenters. The van der Waals surface area contributed by atoms with Gasteiger partial charge in [-0.25, -0.2) is 0 Å². The van der Waals surface area contributed by atoms with Crippen LogP contribution in [0.1, 0.15) is 16.4 Å². The van der Waals surface area contributed by atoms with E-state index in [0.29, 0.717) is 23.2 Å². The minimum Gasteiger partial charge on any atom is -0.459 e. The molecule has 0 aliphatic heterocycles. The van der Waals surface area contributed by atoms with Crippen LogP contribution < -0.4 is 10.6 Å². The predicted molar refractivity (Wildman–Crippen MR) is 113 cm³/mol. The van der Waals surface area contributed by atoms with Crippen LogP contribution in [0.2, 0.25) is 0 Å². The zero-order valence-corrected chi connectivity index (χ0v) is 17.0. The fourth-order valence-corrected chi connectivity index (χ4v) is 3.28. The molecule has 3 rings (SSSR count). The van der Waals surface area contributed by atoms with Crippen LogP contribution >= 0.6 is 11.8 Å². The summed E-state index contributed by atoms with van der Waals surface area (Å²) in [5, 5.41) is 24.7. The van der Waals surface area contributed by atoms with Crippen LogP contribution in [-0.2, 0) is 17.9 Å². The molecule has 0 aliphatic carbocycles. The lowest BCUT2D eigenvalue weighted by Gasteiger charge is -2.08. The highest BCUT2D eigenvalue weighted by atomic mass is 32.2. The number of amides is 2. The second kappa shape index (κ2) is 10.2. The number of nitro benzene ring substituents is 1. The molecule has 160 valence electrons. The first-order valence-electron chi connectivity index (χ1n) is 8.99. The molecule has 0 unspecified atom stereocenters. The zero-order valence-electron chi connectivity index (χ0n) is 16.2. The second-order valence-corrected chi connectivity index (χ2v) is 7.04. The van der Waals surface area contributed by atoms with Crippen molar-refractivity contribution in [2.45, 2.75) is 18.2 Å². The minimum absolute atomic E-state index is 0.0466. The summed E-state index contributed by atoms with van der Waals surface area (Å²) in [6.45, 7) is 4.22. The van der Waals surface area contributed by atoms with Crippen molar-refractivity contribution in [2.24, 2.45) is 0 Å². The molecule has 2 aromatic heterocycles. The lowest BCUT2D eigenvalue weighted by Crippen LogP contribution is -2.24. The summed E-state index contributed by atoms with van der Waals surface area (Å²) in [5.74, 6) is 0.0465. The Morgan fingerprint density at radius 3 is 2.68 bits per heavy atom. The fraction of sp³-hybridized carbons (Fsp3) is 0.158. The van der Waals surface area contributed by atoms with E-state index in [4.69, 9.17) is 4.42 Å². The van der Waals surface area contributed by atoms with Gasteiger partial charge in [0, 0.05) is 24.4 Å². The Labute approximate surface area is 180 Å². The number of nitrogens with one attached hydrogen (secondary N) is 2. The minimum atomic E-state index is -0.511. The SMILES string of the molecule is C=CCn1c(CNC(=O)c2ccco2)nnc1SCC(=O)Nc1ccc([N+](=O)[O-])cc1. The van der Waals surface area contributed by atoms with Crippen LogP contribution in [0.15, 0.2) is 64.9 Å². The van der Waals surface area contributed by atoms with Gasteiger partial charge in [0.15, 0.2) is 16.7 Å². The van der Waals surface area contributed by atoms with E-state index in [1.165, 1.54) is 42.3 Å². The van der Waals surface area contributed by atoms with E-state index in [0.717, 1.165) is 0 Å². The number of hydrogen-bond acceptors (Lipinski definition) is 8. The van der Waals surface area contributed by atoms with E-state index < -0.39 is 4.92 Å². The maximum Gasteiger partial charge on any atom is 0.287 e. The highest BCUT2D eigenvalue weighted by molar-refractivity contribution is 7.99. The molecule has 0 aliphatic rings. The number of nitro groups is 1. The Hall–Kier alpha value is -3.93. The number of aromatic nitrogens is 3. The quantitative estimate of drug-likeness (QED) is 0.211. The molecule has 0 spiro atoms. The number of hydrogen-bond donors (Lipinski definition) is 2. The largest absolute Gasteiger partial charge is 0.459 e. The third kappa shape index (κ3) is 5.79. The van der Waals surface area contributed by atoms with E-state index in [2.05, 4.69) is 27.4 Å². The summed E-state index contributed by atoms with van der Waals surface area (Å²) in [5.41, 5.74) is 0.390. The van der Waals surface area contributed by atoms with Gasteiger partial charge in [0.2, 0.25) is 5.91 Å². The van der Waals surface area contributed by atoms with Crippen molar-refractivity contribution in [2.75, 3.05) is 11.1 Å². The van der Waals surface area contributed by atoms with Crippen molar-refractivity contribution in [3.05, 3.63) is 77.0 Å². The number of allylic oxidation sites excluding steroid dienone is 1. The van der Waals surface area contributed by atoms with E-state index in [1.54, 1.807) is 22.8 Å². The van der Waals surface area contributed by atoms with Gasteiger partial charge in [-0.3, -0.25) is 19.7 Å². The maximum atomic E-state index is 12.2. The predicted octanol–water partition coefficient (Wildman–Crippen LogP) is 2.63. The Balaban J connectivity index is 1.57. The van der Waals surface area contributed by atoms with E-state index >= 15 is 0 Å². The highest BCUT2D eigenvalue weighted by Crippen LogP contribution is 2.19. The third-order valence-electron chi connectivity index (χ3n) is 3.95.